The summed E-state index contributed by atoms with van der Waals surface area (Å²) >= 11 is 0. The van der Waals surface area contributed by atoms with E-state index in [9.17, 15) is 18.0 Å². The number of halogens is 5. The van der Waals surface area contributed by atoms with Gasteiger partial charge in [0.2, 0.25) is 0 Å². The third kappa shape index (κ3) is 4.28. The largest absolute Gasteiger partial charge is 0.417 e. The van der Waals surface area contributed by atoms with Crippen LogP contribution in [0.1, 0.15) is 22.5 Å². The average molecular weight is 372 g/mol. The Morgan fingerprint density at radius 2 is 1.91 bits per heavy atom. The number of carbonyl (C=O) groups excluding carboxylic acids is 1. The second kappa shape index (κ2) is 7.68. The fraction of sp³-hybridized carbons (Fsp3) is 0.571. The van der Waals surface area contributed by atoms with E-state index in [0.29, 0.717) is 24.9 Å². The highest BCUT2D eigenvalue weighted by atomic mass is 35.5. The van der Waals surface area contributed by atoms with Gasteiger partial charge in [-0.25, -0.2) is 0 Å². The van der Waals surface area contributed by atoms with Gasteiger partial charge in [0.05, 0.1) is 5.56 Å². The molecule has 9 heteroatoms. The monoisotopic (exact) mass is 371 g/mol. The topological polar surface area (TPSA) is 45.2 Å². The molecule has 1 aromatic rings. The maximum atomic E-state index is 12.5. The third-order valence-corrected chi connectivity index (χ3v) is 4.30. The molecule has 0 saturated carbocycles. The zero-order valence-corrected chi connectivity index (χ0v) is 13.8. The highest BCUT2D eigenvalue weighted by Gasteiger charge is 2.35. The van der Waals surface area contributed by atoms with Gasteiger partial charge in [-0.2, -0.15) is 13.2 Å². The van der Waals surface area contributed by atoms with Gasteiger partial charge in [0, 0.05) is 19.3 Å². The van der Waals surface area contributed by atoms with Crippen LogP contribution in [0.15, 0.2) is 18.3 Å². The molecule has 0 aromatic carbocycles. The van der Waals surface area contributed by atoms with Gasteiger partial charge in [-0.05, 0) is 43.5 Å². The Hall–Kier alpha value is -1.05. The van der Waals surface area contributed by atoms with Crippen molar-refractivity contribution in [3.63, 3.8) is 0 Å². The lowest BCUT2D eigenvalue weighted by Crippen LogP contribution is -2.43. The van der Waals surface area contributed by atoms with Gasteiger partial charge in [-0.3, -0.25) is 9.78 Å². The van der Waals surface area contributed by atoms with E-state index >= 15 is 0 Å². The Bertz CT molecular complexity index is 539. The molecule has 0 aliphatic carbocycles. The number of amides is 1. The number of alkyl halides is 3. The molecule has 2 fully saturated rings. The van der Waals surface area contributed by atoms with Crippen molar-refractivity contribution in [2.45, 2.75) is 12.6 Å². The van der Waals surface area contributed by atoms with Gasteiger partial charge in [0.15, 0.2) is 0 Å². The normalized spacial score (nSPS) is 23.5. The molecule has 0 radical (unpaired) electrons. The van der Waals surface area contributed by atoms with E-state index in [1.54, 1.807) is 4.90 Å². The number of fused-ring (bicyclic) bond motifs is 1. The van der Waals surface area contributed by atoms with Gasteiger partial charge >= 0.3 is 6.18 Å². The molecular formula is C14H18Cl2F3N3O. The molecule has 2 unspecified atom stereocenters. The van der Waals surface area contributed by atoms with Crippen molar-refractivity contribution >= 4 is 30.7 Å². The number of hydrogen-bond acceptors (Lipinski definition) is 3. The van der Waals surface area contributed by atoms with E-state index in [2.05, 4.69) is 10.3 Å². The lowest BCUT2D eigenvalue weighted by atomic mass is 9.88. The first-order chi connectivity index (χ1) is 9.95. The van der Waals surface area contributed by atoms with Crippen LogP contribution < -0.4 is 5.32 Å². The second-order valence-electron chi connectivity index (χ2n) is 5.65. The number of aromatic nitrogens is 1. The Morgan fingerprint density at radius 1 is 1.22 bits per heavy atom. The van der Waals surface area contributed by atoms with E-state index in [4.69, 9.17) is 0 Å². The second-order valence-corrected chi connectivity index (χ2v) is 5.65. The number of piperidine rings is 1. The van der Waals surface area contributed by atoms with Crippen LogP contribution in [0.25, 0.3) is 0 Å². The first kappa shape index (κ1) is 20.0. The molecule has 3 heterocycles. The van der Waals surface area contributed by atoms with E-state index in [-0.39, 0.29) is 36.4 Å². The fourth-order valence-corrected chi connectivity index (χ4v) is 3.07. The van der Waals surface area contributed by atoms with Gasteiger partial charge in [0.1, 0.15) is 5.69 Å². The number of nitrogens with zero attached hydrogens (tertiary/aromatic N) is 2. The maximum Gasteiger partial charge on any atom is 0.417 e. The zero-order valence-electron chi connectivity index (χ0n) is 12.2. The van der Waals surface area contributed by atoms with Crippen molar-refractivity contribution in [2.24, 2.45) is 11.8 Å². The lowest BCUT2D eigenvalue weighted by molar-refractivity contribution is -0.137. The van der Waals surface area contributed by atoms with Crippen LogP contribution in [-0.2, 0) is 6.18 Å². The van der Waals surface area contributed by atoms with Crippen LogP contribution in [0.2, 0.25) is 0 Å². The van der Waals surface area contributed by atoms with E-state index in [0.717, 1.165) is 37.8 Å². The first-order valence-electron chi connectivity index (χ1n) is 6.98. The Kier molecular flexibility index (Phi) is 6.68. The minimum Gasteiger partial charge on any atom is -0.337 e. The van der Waals surface area contributed by atoms with Crippen LogP contribution in [0.4, 0.5) is 13.2 Å². The summed E-state index contributed by atoms with van der Waals surface area (Å²) in [6.07, 6.45) is -2.77. The molecule has 2 aliphatic heterocycles. The molecule has 0 spiro atoms. The van der Waals surface area contributed by atoms with Crippen molar-refractivity contribution in [3.8, 4) is 0 Å². The van der Waals surface area contributed by atoms with Gasteiger partial charge in [-0.15, -0.1) is 24.8 Å². The summed E-state index contributed by atoms with van der Waals surface area (Å²) in [7, 11) is 0. The average Bonchev–Trinajstić information content (AvgIpc) is 2.93. The number of rotatable bonds is 1. The molecule has 130 valence electrons. The SMILES string of the molecule is Cl.Cl.O=C(c1ccc(C(F)(F)F)cn1)N1CCC2CNCC2C1. The number of pyridine rings is 1. The van der Waals surface area contributed by atoms with Crippen LogP contribution >= 0.6 is 24.8 Å². The smallest absolute Gasteiger partial charge is 0.337 e. The number of hydrogen-bond donors (Lipinski definition) is 1. The van der Waals surface area contributed by atoms with Crippen molar-refractivity contribution in [1.29, 1.82) is 0 Å². The van der Waals surface area contributed by atoms with Gasteiger partial charge < -0.3 is 10.2 Å². The molecule has 2 atom stereocenters. The Labute approximate surface area is 144 Å². The molecular weight excluding hydrogens is 354 g/mol. The minimum atomic E-state index is -4.43. The summed E-state index contributed by atoms with van der Waals surface area (Å²) in [6, 6.07) is 2.06. The molecule has 1 amide bonds. The first-order valence-corrected chi connectivity index (χ1v) is 6.98. The summed E-state index contributed by atoms with van der Waals surface area (Å²) in [5, 5.41) is 3.31. The predicted octanol–water partition coefficient (Wildman–Crippen LogP) is 2.63. The van der Waals surface area contributed by atoms with Crippen molar-refractivity contribution in [3.05, 3.63) is 29.6 Å². The van der Waals surface area contributed by atoms with Crippen molar-refractivity contribution < 1.29 is 18.0 Å². The van der Waals surface area contributed by atoms with Crippen LogP contribution in [0.3, 0.4) is 0 Å². The Morgan fingerprint density at radius 3 is 2.52 bits per heavy atom. The Balaban J connectivity index is 0.00000132. The highest BCUT2D eigenvalue weighted by molar-refractivity contribution is 5.92. The van der Waals surface area contributed by atoms with Crippen molar-refractivity contribution in [2.75, 3.05) is 26.2 Å². The molecule has 23 heavy (non-hydrogen) atoms. The van der Waals surface area contributed by atoms with Crippen molar-refractivity contribution in [1.82, 2.24) is 15.2 Å². The molecule has 1 aromatic heterocycles. The molecule has 4 nitrogen and oxygen atoms in total. The molecule has 2 aliphatic rings. The number of carbonyl (C=O) groups is 1. The molecule has 2 saturated heterocycles. The van der Waals surface area contributed by atoms with Crippen LogP contribution in [-0.4, -0.2) is 42.0 Å². The summed E-state index contributed by atoms with van der Waals surface area (Å²) in [6.45, 7) is 3.18. The zero-order chi connectivity index (χ0) is 15.0. The van der Waals surface area contributed by atoms with E-state index in [1.165, 1.54) is 0 Å². The summed E-state index contributed by atoms with van der Waals surface area (Å²) in [5.41, 5.74) is -0.759. The minimum absolute atomic E-state index is 0. The fourth-order valence-electron chi connectivity index (χ4n) is 3.07. The predicted molar refractivity (Wildman–Crippen MR) is 84.1 cm³/mol. The highest BCUT2D eigenvalue weighted by Crippen LogP contribution is 2.29. The standard InChI is InChI=1S/C14H16F3N3O.2ClH/c15-14(16,17)11-1-2-12(19-7-11)13(21)20-4-3-9-5-18-6-10(9)8-20;;/h1-2,7,9-10,18H,3-6,8H2;2*1H. The summed E-state index contributed by atoms with van der Waals surface area (Å²) < 4.78 is 37.4. The quantitative estimate of drug-likeness (QED) is 0.825. The lowest BCUT2D eigenvalue weighted by Gasteiger charge is -2.34. The summed E-state index contributed by atoms with van der Waals surface area (Å²) in [4.78, 5) is 17.7. The van der Waals surface area contributed by atoms with Gasteiger partial charge in [-0.1, -0.05) is 0 Å². The third-order valence-electron chi connectivity index (χ3n) is 4.30. The maximum absolute atomic E-state index is 12.5. The number of nitrogens with one attached hydrogen (secondary N) is 1. The van der Waals surface area contributed by atoms with Gasteiger partial charge in [0.25, 0.3) is 5.91 Å². The molecule has 1 N–H and O–H groups in total. The van der Waals surface area contributed by atoms with Crippen LogP contribution in [0, 0.1) is 11.8 Å². The molecule has 0 bridgehead atoms. The number of likely N-dealkylation sites (tertiary alicyclic amines) is 1. The van der Waals surface area contributed by atoms with E-state index in [1.807, 2.05) is 0 Å². The van der Waals surface area contributed by atoms with Crippen LogP contribution in [0.5, 0.6) is 0 Å². The van der Waals surface area contributed by atoms with E-state index < -0.39 is 11.7 Å². The summed E-state index contributed by atoms with van der Waals surface area (Å²) in [5.74, 6) is 0.765. The molecule has 3 rings (SSSR count).